The predicted octanol–water partition coefficient (Wildman–Crippen LogP) is 0.761. The maximum absolute atomic E-state index is 8.83. The lowest BCUT2D eigenvalue weighted by atomic mass is 10.1. The zero-order chi connectivity index (χ0) is 12.0. The van der Waals surface area contributed by atoms with Gasteiger partial charge in [0, 0.05) is 26.4 Å². The van der Waals surface area contributed by atoms with Crippen LogP contribution in [0.3, 0.4) is 0 Å². The van der Waals surface area contributed by atoms with Crippen LogP contribution in [-0.2, 0) is 4.74 Å². The number of methoxy groups -OCH3 is 1. The molecule has 0 saturated carbocycles. The lowest BCUT2D eigenvalue weighted by Crippen LogP contribution is -2.21. The molecule has 0 aliphatic carbocycles. The predicted molar refractivity (Wildman–Crippen MR) is 65.6 cm³/mol. The molecule has 0 heterocycles. The van der Waals surface area contributed by atoms with Crippen LogP contribution >= 0.6 is 0 Å². The second-order valence-electron chi connectivity index (χ2n) is 3.80. The number of aliphatic hydroxyl groups excluding tert-OH is 1. The van der Waals surface area contributed by atoms with Crippen LogP contribution in [0.5, 0.6) is 0 Å². The van der Waals surface area contributed by atoms with Crippen LogP contribution in [0.25, 0.3) is 0 Å². The molecule has 16 heavy (non-hydrogen) atoms. The third-order valence-electron chi connectivity index (χ3n) is 2.54. The second-order valence-corrected chi connectivity index (χ2v) is 3.80. The van der Waals surface area contributed by atoms with Crippen LogP contribution in [0.4, 0.5) is 5.69 Å². The van der Waals surface area contributed by atoms with Gasteiger partial charge in [-0.25, -0.2) is 0 Å². The summed E-state index contributed by atoms with van der Waals surface area (Å²) >= 11 is 0. The highest BCUT2D eigenvalue weighted by atomic mass is 16.5. The van der Waals surface area contributed by atoms with E-state index in [1.165, 1.54) is 0 Å². The highest BCUT2D eigenvalue weighted by Crippen LogP contribution is 2.17. The molecule has 1 aromatic carbocycles. The van der Waals surface area contributed by atoms with Crippen LogP contribution in [0.2, 0.25) is 0 Å². The molecule has 0 radical (unpaired) electrons. The number of rotatable bonds is 6. The Labute approximate surface area is 96.6 Å². The maximum atomic E-state index is 8.83. The van der Waals surface area contributed by atoms with Gasteiger partial charge in [-0.15, -0.1) is 0 Å². The van der Waals surface area contributed by atoms with Crippen LogP contribution in [0, 0.1) is 0 Å². The molecule has 0 spiro atoms. The van der Waals surface area contributed by atoms with E-state index in [0.717, 1.165) is 11.3 Å². The molecule has 0 aliphatic rings. The van der Waals surface area contributed by atoms with E-state index in [9.17, 15) is 0 Å². The zero-order valence-corrected chi connectivity index (χ0v) is 9.89. The quantitative estimate of drug-likeness (QED) is 0.749. The van der Waals surface area contributed by atoms with E-state index in [2.05, 4.69) is 0 Å². The van der Waals surface area contributed by atoms with Gasteiger partial charge in [0.2, 0.25) is 0 Å². The summed E-state index contributed by atoms with van der Waals surface area (Å²) in [5.41, 5.74) is 8.04. The normalized spacial score (nSPS) is 12.5. The van der Waals surface area contributed by atoms with Gasteiger partial charge in [0.05, 0.1) is 19.3 Å². The highest BCUT2D eigenvalue weighted by molar-refractivity contribution is 5.47. The third kappa shape index (κ3) is 3.48. The summed E-state index contributed by atoms with van der Waals surface area (Å²) in [6.45, 7) is 1.30. The van der Waals surface area contributed by atoms with Crippen molar-refractivity contribution in [3.63, 3.8) is 0 Å². The van der Waals surface area contributed by atoms with Crippen LogP contribution in [-0.4, -0.2) is 39.0 Å². The van der Waals surface area contributed by atoms with Gasteiger partial charge in [-0.2, -0.15) is 0 Å². The number of nitrogens with two attached hydrogens (primary N) is 1. The number of aliphatic hydroxyl groups is 1. The SMILES string of the molecule is COC[C@@H](N)c1ccc(N(C)CCO)cc1. The van der Waals surface area contributed by atoms with Gasteiger partial charge in [-0.3, -0.25) is 0 Å². The first kappa shape index (κ1) is 13.0. The summed E-state index contributed by atoms with van der Waals surface area (Å²) in [5.74, 6) is 0. The van der Waals surface area contributed by atoms with Gasteiger partial charge in [-0.05, 0) is 17.7 Å². The third-order valence-corrected chi connectivity index (χ3v) is 2.54. The van der Waals surface area contributed by atoms with Crippen LogP contribution in [0.15, 0.2) is 24.3 Å². The van der Waals surface area contributed by atoms with Crippen molar-refractivity contribution in [2.45, 2.75) is 6.04 Å². The summed E-state index contributed by atoms with van der Waals surface area (Å²) in [7, 11) is 3.59. The first-order valence-corrected chi connectivity index (χ1v) is 5.35. The van der Waals surface area contributed by atoms with E-state index in [1.807, 2.05) is 36.2 Å². The van der Waals surface area contributed by atoms with Crippen molar-refractivity contribution in [1.29, 1.82) is 0 Å². The Hall–Kier alpha value is -1.10. The average molecular weight is 224 g/mol. The number of hydrogen-bond acceptors (Lipinski definition) is 4. The fourth-order valence-electron chi connectivity index (χ4n) is 1.53. The number of anilines is 1. The summed E-state index contributed by atoms with van der Waals surface area (Å²) in [5, 5.41) is 8.83. The Morgan fingerprint density at radius 2 is 2.00 bits per heavy atom. The van der Waals surface area contributed by atoms with Crippen LogP contribution in [0.1, 0.15) is 11.6 Å². The molecule has 0 fully saturated rings. The first-order chi connectivity index (χ1) is 7.69. The Kier molecular flexibility index (Phi) is 5.25. The monoisotopic (exact) mass is 224 g/mol. The average Bonchev–Trinajstić information content (AvgIpc) is 2.30. The van der Waals surface area contributed by atoms with Crippen LogP contribution < -0.4 is 10.6 Å². The molecular weight excluding hydrogens is 204 g/mol. The number of likely N-dealkylation sites (N-methyl/N-ethyl adjacent to an activating group) is 1. The summed E-state index contributed by atoms with van der Waals surface area (Å²) in [4.78, 5) is 1.99. The molecule has 1 rings (SSSR count). The van der Waals surface area contributed by atoms with Crippen molar-refractivity contribution in [2.75, 3.05) is 38.8 Å². The molecule has 0 saturated heterocycles. The molecule has 1 aromatic rings. The number of ether oxygens (including phenoxy) is 1. The van der Waals surface area contributed by atoms with E-state index in [4.69, 9.17) is 15.6 Å². The standard InChI is InChI=1S/C12H20N2O2/c1-14(7-8-15)11-5-3-10(4-6-11)12(13)9-16-2/h3-6,12,15H,7-9,13H2,1-2H3/t12-/m1/s1. The molecule has 1 atom stereocenters. The molecule has 0 unspecified atom stereocenters. The summed E-state index contributed by atoms with van der Waals surface area (Å²) in [6, 6.07) is 7.91. The molecule has 0 aromatic heterocycles. The largest absolute Gasteiger partial charge is 0.395 e. The molecular formula is C12H20N2O2. The van der Waals surface area contributed by atoms with Gasteiger partial charge in [0.15, 0.2) is 0 Å². The fraction of sp³-hybridized carbons (Fsp3) is 0.500. The Balaban J connectivity index is 2.67. The number of hydrogen-bond donors (Lipinski definition) is 2. The zero-order valence-electron chi connectivity index (χ0n) is 9.89. The van der Waals surface area contributed by atoms with Crippen molar-refractivity contribution in [2.24, 2.45) is 5.73 Å². The minimum absolute atomic E-state index is 0.0813. The van der Waals surface area contributed by atoms with E-state index >= 15 is 0 Å². The Bertz CT molecular complexity index is 269. The summed E-state index contributed by atoms with van der Waals surface area (Å²) < 4.78 is 5.01. The minimum Gasteiger partial charge on any atom is -0.395 e. The molecule has 0 aliphatic heterocycles. The molecule has 0 bridgehead atoms. The maximum Gasteiger partial charge on any atom is 0.0655 e. The van der Waals surface area contributed by atoms with Gasteiger partial charge in [-0.1, -0.05) is 12.1 Å². The van der Waals surface area contributed by atoms with E-state index in [0.29, 0.717) is 13.2 Å². The van der Waals surface area contributed by atoms with Gasteiger partial charge < -0.3 is 20.5 Å². The topological polar surface area (TPSA) is 58.7 Å². The molecule has 0 amide bonds. The fourth-order valence-corrected chi connectivity index (χ4v) is 1.53. The molecule has 4 heteroatoms. The molecule has 90 valence electrons. The van der Waals surface area contributed by atoms with Gasteiger partial charge >= 0.3 is 0 Å². The highest BCUT2D eigenvalue weighted by Gasteiger charge is 2.06. The number of benzene rings is 1. The van der Waals surface area contributed by atoms with Crippen molar-refractivity contribution in [3.8, 4) is 0 Å². The first-order valence-electron chi connectivity index (χ1n) is 5.35. The molecule has 4 nitrogen and oxygen atoms in total. The van der Waals surface area contributed by atoms with Crippen molar-refractivity contribution in [3.05, 3.63) is 29.8 Å². The smallest absolute Gasteiger partial charge is 0.0655 e. The van der Waals surface area contributed by atoms with E-state index in [-0.39, 0.29) is 12.6 Å². The second kappa shape index (κ2) is 6.48. The van der Waals surface area contributed by atoms with E-state index < -0.39 is 0 Å². The number of nitrogens with zero attached hydrogens (tertiary/aromatic N) is 1. The van der Waals surface area contributed by atoms with Crippen molar-refractivity contribution in [1.82, 2.24) is 0 Å². The van der Waals surface area contributed by atoms with Crippen molar-refractivity contribution >= 4 is 5.69 Å². The Morgan fingerprint density at radius 3 is 2.50 bits per heavy atom. The molecule has 3 N–H and O–H groups in total. The van der Waals surface area contributed by atoms with Gasteiger partial charge in [0.1, 0.15) is 0 Å². The summed E-state index contributed by atoms with van der Waals surface area (Å²) in [6.07, 6.45) is 0. The lowest BCUT2D eigenvalue weighted by Gasteiger charge is -2.19. The van der Waals surface area contributed by atoms with E-state index in [1.54, 1.807) is 7.11 Å². The lowest BCUT2D eigenvalue weighted by molar-refractivity contribution is 0.181. The van der Waals surface area contributed by atoms with Gasteiger partial charge in [0.25, 0.3) is 0 Å². The van der Waals surface area contributed by atoms with Crippen molar-refractivity contribution < 1.29 is 9.84 Å². The Morgan fingerprint density at radius 1 is 1.38 bits per heavy atom. The minimum atomic E-state index is -0.0813.